The van der Waals surface area contributed by atoms with Crippen LogP contribution < -0.4 is 11.1 Å². The lowest BCUT2D eigenvalue weighted by Gasteiger charge is -2.12. The van der Waals surface area contributed by atoms with E-state index < -0.39 is 10.7 Å². The van der Waals surface area contributed by atoms with Crippen LogP contribution in [0.1, 0.15) is 23.6 Å². The van der Waals surface area contributed by atoms with Crippen molar-refractivity contribution in [2.24, 2.45) is 5.73 Å². The number of nitrogens with two attached hydrogens (primary N) is 1. The van der Waals surface area contributed by atoms with Crippen molar-refractivity contribution in [3.05, 3.63) is 69.8 Å². The molecule has 1 aliphatic carbocycles. The lowest BCUT2D eigenvalue weighted by atomic mass is 10.1. The molecule has 1 aliphatic rings. The van der Waals surface area contributed by atoms with E-state index in [1.807, 2.05) is 0 Å². The molecule has 0 aliphatic heterocycles. The highest BCUT2D eigenvalue weighted by molar-refractivity contribution is 5.67. The maximum atomic E-state index is 14.4. The molecule has 26 heavy (non-hydrogen) atoms. The average molecular weight is 354 g/mol. The number of nitrogens with one attached hydrogen (secondary N) is 1. The minimum Gasteiger partial charge on any atom is -0.334 e. The molecular formula is C17H15FN6O2. The number of anilines is 2. The van der Waals surface area contributed by atoms with E-state index in [9.17, 15) is 14.5 Å². The first-order valence-electron chi connectivity index (χ1n) is 8.03. The molecule has 1 atom stereocenters. The Morgan fingerprint density at radius 2 is 2.23 bits per heavy atom. The van der Waals surface area contributed by atoms with Gasteiger partial charge in [0, 0.05) is 35.8 Å². The van der Waals surface area contributed by atoms with E-state index in [-0.39, 0.29) is 17.5 Å². The zero-order chi connectivity index (χ0) is 18.3. The Bertz CT molecular complexity index is 989. The fraction of sp³-hybridized carbons (Fsp3) is 0.176. The molecule has 0 saturated carbocycles. The summed E-state index contributed by atoms with van der Waals surface area (Å²) < 4.78 is 15.9. The van der Waals surface area contributed by atoms with Crippen molar-refractivity contribution in [1.82, 2.24) is 14.8 Å². The standard InChI is InChI=1S/C17H15FN6O2/c18-12-9-11(8-10-2-3-13(19)16(10)12)21-17-14(24(25)26)4-5-15(22-17)23-7-1-6-20-23/h1,4-9,13H,2-3,19H2,(H,21,22). The summed E-state index contributed by atoms with van der Waals surface area (Å²) in [6, 6.07) is 7.29. The van der Waals surface area contributed by atoms with Gasteiger partial charge in [0.25, 0.3) is 0 Å². The normalized spacial score (nSPS) is 15.7. The topological polar surface area (TPSA) is 112 Å². The van der Waals surface area contributed by atoms with E-state index in [2.05, 4.69) is 15.4 Å². The fourth-order valence-corrected chi connectivity index (χ4v) is 3.17. The number of halogens is 1. The van der Waals surface area contributed by atoms with Gasteiger partial charge in [-0.25, -0.2) is 14.1 Å². The summed E-state index contributed by atoms with van der Waals surface area (Å²) in [6.45, 7) is 0. The fourth-order valence-electron chi connectivity index (χ4n) is 3.17. The first-order valence-corrected chi connectivity index (χ1v) is 8.03. The van der Waals surface area contributed by atoms with Gasteiger partial charge in [-0.2, -0.15) is 5.10 Å². The van der Waals surface area contributed by atoms with Crippen molar-refractivity contribution in [3.8, 4) is 5.82 Å². The molecule has 132 valence electrons. The van der Waals surface area contributed by atoms with Crippen molar-refractivity contribution in [2.45, 2.75) is 18.9 Å². The van der Waals surface area contributed by atoms with E-state index in [1.54, 1.807) is 24.5 Å². The second kappa shape index (κ2) is 6.19. The number of benzene rings is 1. The van der Waals surface area contributed by atoms with Crippen LogP contribution in [-0.4, -0.2) is 19.7 Å². The van der Waals surface area contributed by atoms with E-state index in [0.29, 0.717) is 29.9 Å². The van der Waals surface area contributed by atoms with Gasteiger partial charge >= 0.3 is 5.69 Å². The number of hydrogen-bond acceptors (Lipinski definition) is 6. The number of nitro groups is 1. The Balaban J connectivity index is 1.74. The minimum atomic E-state index is -0.540. The Labute approximate surface area is 147 Å². The second-order valence-corrected chi connectivity index (χ2v) is 6.05. The van der Waals surface area contributed by atoms with Gasteiger partial charge in [-0.05, 0) is 42.7 Å². The highest BCUT2D eigenvalue weighted by atomic mass is 19.1. The summed E-state index contributed by atoms with van der Waals surface area (Å²) in [4.78, 5) is 15.1. The lowest BCUT2D eigenvalue weighted by molar-refractivity contribution is -0.384. The Morgan fingerprint density at radius 1 is 1.38 bits per heavy atom. The van der Waals surface area contributed by atoms with Gasteiger partial charge in [0.2, 0.25) is 5.82 Å². The number of aryl methyl sites for hydroxylation is 1. The Kier molecular flexibility index (Phi) is 3.85. The minimum absolute atomic E-state index is 0.0182. The molecule has 8 nitrogen and oxygen atoms in total. The molecule has 0 amide bonds. The number of pyridine rings is 1. The third-order valence-corrected chi connectivity index (χ3v) is 4.37. The predicted molar refractivity (Wildman–Crippen MR) is 92.9 cm³/mol. The maximum absolute atomic E-state index is 14.4. The van der Waals surface area contributed by atoms with Gasteiger partial charge < -0.3 is 11.1 Å². The SMILES string of the molecule is NC1CCc2cc(Nc3nc(-n4cccn4)ccc3[N+](=O)[O-])cc(F)c21. The molecule has 0 bridgehead atoms. The van der Waals surface area contributed by atoms with Crippen molar-refractivity contribution in [3.63, 3.8) is 0 Å². The molecule has 0 spiro atoms. The Hall–Kier alpha value is -3.33. The number of aromatic nitrogens is 3. The molecule has 0 saturated heterocycles. The van der Waals surface area contributed by atoms with Gasteiger partial charge in [-0.1, -0.05) is 0 Å². The number of rotatable bonds is 4. The third kappa shape index (κ3) is 2.78. The van der Waals surface area contributed by atoms with E-state index in [4.69, 9.17) is 5.73 Å². The number of nitrogens with zero attached hydrogens (tertiary/aromatic N) is 4. The first-order chi connectivity index (χ1) is 12.5. The summed E-state index contributed by atoms with van der Waals surface area (Å²) in [5.41, 5.74) is 7.43. The highest BCUT2D eigenvalue weighted by Gasteiger charge is 2.24. The molecule has 2 heterocycles. The van der Waals surface area contributed by atoms with E-state index in [0.717, 1.165) is 5.56 Å². The second-order valence-electron chi connectivity index (χ2n) is 6.05. The van der Waals surface area contributed by atoms with Crippen molar-refractivity contribution in [1.29, 1.82) is 0 Å². The largest absolute Gasteiger partial charge is 0.334 e. The average Bonchev–Trinajstić information content (AvgIpc) is 3.25. The zero-order valence-corrected chi connectivity index (χ0v) is 13.6. The highest BCUT2D eigenvalue weighted by Crippen LogP contribution is 2.35. The molecule has 0 radical (unpaired) electrons. The van der Waals surface area contributed by atoms with Crippen LogP contribution in [0.2, 0.25) is 0 Å². The van der Waals surface area contributed by atoms with Gasteiger partial charge in [0.05, 0.1) is 4.92 Å². The van der Waals surface area contributed by atoms with E-state index in [1.165, 1.54) is 22.9 Å². The molecule has 2 aromatic heterocycles. The third-order valence-electron chi connectivity index (χ3n) is 4.37. The van der Waals surface area contributed by atoms with Crippen molar-refractivity contribution in [2.75, 3.05) is 5.32 Å². The molecule has 9 heteroatoms. The zero-order valence-electron chi connectivity index (χ0n) is 13.6. The molecular weight excluding hydrogens is 339 g/mol. The van der Waals surface area contributed by atoms with Crippen LogP contribution in [0.4, 0.5) is 21.6 Å². The molecule has 4 rings (SSSR count). The van der Waals surface area contributed by atoms with Crippen LogP contribution in [-0.2, 0) is 6.42 Å². The van der Waals surface area contributed by atoms with Crippen LogP contribution in [0.25, 0.3) is 5.82 Å². The molecule has 3 aromatic rings. The molecule has 0 fully saturated rings. The van der Waals surface area contributed by atoms with Gasteiger partial charge in [0.1, 0.15) is 5.82 Å². The number of hydrogen-bond donors (Lipinski definition) is 2. The van der Waals surface area contributed by atoms with Gasteiger partial charge in [-0.3, -0.25) is 10.1 Å². The summed E-state index contributed by atoms with van der Waals surface area (Å²) in [6.07, 6.45) is 4.61. The van der Waals surface area contributed by atoms with Crippen molar-refractivity contribution < 1.29 is 9.31 Å². The molecule has 1 unspecified atom stereocenters. The van der Waals surface area contributed by atoms with Crippen LogP contribution in [0.5, 0.6) is 0 Å². The Morgan fingerprint density at radius 3 is 2.96 bits per heavy atom. The van der Waals surface area contributed by atoms with Crippen LogP contribution in [0.3, 0.4) is 0 Å². The molecule has 1 aromatic carbocycles. The summed E-state index contributed by atoms with van der Waals surface area (Å²) in [5.74, 6) is 0.0114. The predicted octanol–water partition coefficient (Wildman–Crippen LogP) is 3.00. The first kappa shape index (κ1) is 16.2. The molecule has 3 N–H and O–H groups in total. The van der Waals surface area contributed by atoms with Crippen LogP contribution >= 0.6 is 0 Å². The van der Waals surface area contributed by atoms with Gasteiger partial charge in [-0.15, -0.1) is 0 Å². The summed E-state index contributed by atoms with van der Waals surface area (Å²) >= 11 is 0. The lowest BCUT2D eigenvalue weighted by Crippen LogP contribution is -2.08. The van der Waals surface area contributed by atoms with Crippen LogP contribution in [0, 0.1) is 15.9 Å². The monoisotopic (exact) mass is 354 g/mol. The van der Waals surface area contributed by atoms with Crippen LogP contribution in [0.15, 0.2) is 42.7 Å². The summed E-state index contributed by atoms with van der Waals surface area (Å²) in [5, 5.41) is 18.2. The quantitative estimate of drug-likeness (QED) is 0.550. The number of fused-ring (bicyclic) bond motifs is 1. The van der Waals surface area contributed by atoms with Gasteiger partial charge in [0.15, 0.2) is 5.82 Å². The summed E-state index contributed by atoms with van der Waals surface area (Å²) in [7, 11) is 0. The maximum Gasteiger partial charge on any atom is 0.311 e. The van der Waals surface area contributed by atoms with E-state index >= 15 is 0 Å². The smallest absolute Gasteiger partial charge is 0.311 e. The van der Waals surface area contributed by atoms with Crippen molar-refractivity contribution >= 4 is 17.2 Å².